The Balaban J connectivity index is 2.11. The van der Waals surface area contributed by atoms with E-state index >= 15 is 0 Å². The van der Waals surface area contributed by atoms with E-state index in [9.17, 15) is 0 Å². The second kappa shape index (κ2) is 5.98. The molecule has 1 aromatic rings. The predicted octanol–water partition coefficient (Wildman–Crippen LogP) is 3.48. The molecular weight excluding hydrogens is 248 g/mol. The summed E-state index contributed by atoms with van der Waals surface area (Å²) in [5.41, 5.74) is 1.41. The van der Waals surface area contributed by atoms with Crippen molar-refractivity contribution in [3.63, 3.8) is 0 Å². The van der Waals surface area contributed by atoms with Gasteiger partial charge in [0.2, 0.25) is 5.95 Å². The van der Waals surface area contributed by atoms with Gasteiger partial charge in [-0.05, 0) is 31.1 Å². The number of nitrogens with one attached hydrogen (secondary N) is 1. The molecule has 0 saturated carbocycles. The van der Waals surface area contributed by atoms with Crippen LogP contribution in [0.2, 0.25) is 0 Å². The molecule has 1 aliphatic rings. The lowest BCUT2D eigenvalue weighted by Gasteiger charge is -2.27. The van der Waals surface area contributed by atoms with Crippen molar-refractivity contribution in [3.05, 3.63) is 11.8 Å². The van der Waals surface area contributed by atoms with E-state index in [0.29, 0.717) is 5.41 Å². The minimum atomic E-state index is 0.375. The van der Waals surface area contributed by atoms with Crippen LogP contribution in [0.3, 0.4) is 0 Å². The summed E-state index contributed by atoms with van der Waals surface area (Å²) in [7, 11) is 0. The zero-order valence-corrected chi connectivity index (χ0v) is 13.5. The maximum Gasteiger partial charge on any atom is 0.224 e. The molecule has 112 valence electrons. The number of nitrogens with zero attached hydrogens (tertiary/aromatic N) is 3. The number of rotatable bonds is 4. The van der Waals surface area contributed by atoms with Gasteiger partial charge in [-0.3, -0.25) is 0 Å². The molecule has 2 rings (SSSR count). The Morgan fingerprint density at radius 3 is 2.70 bits per heavy atom. The van der Waals surface area contributed by atoms with Crippen molar-refractivity contribution in [2.45, 2.75) is 47.5 Å². The van der Waals surface area contributed by atoms with Crippen molar-refractivity contribution in [1.82, 2.24) is 9.97 Å². The van der Waals surface area contributed by atoms with Crippen LogP contribution < -0.4 is 10.2 Å². The molecular formula is C16H28N4. The molecule has 20 heavy (non-hydrogen) atoms. The lowest BCUT2D eigenvalue weighted by molar-refractivity contribution is 0.263. The minimum absolute atomic E-state index is 0.375. The molecule has 1 aromatic heterocycles. The molecule has 0 aliphatic carbocycles. The molecule has 1 aliphatic heterocycles. The van der Waals surface area contributed by atoms with Crippen molar-refractivity contribution >= 4 is 11.8 Å². The molecule has 1 fully saturated rings. The van der Waals surface area contributed by atoms with Gasteiger partial charge in [-0.2, -0.15) is 4.98 Å². The third-order valence-electron chi connectivity index (χ3n) is 4.11. The van der Waals surface area contributed by atoms with Gasteiger partial charge in [0.05, 0.1) is 0 Å². The number of aromatic nitrogens is 2. The third-order valence-corrected chi connectivity index (χ3v) is 4.11. The normalized spacial score (nSPS) is 19.4. The van der Waals surface area contributed by atoms with Gasteiger partial charge in [0, 0.05) is 31.4 Å². The van der Waals surface area contributed by atoms with Gasteiger partial charge in [0.1, 0.15) is 5.82 Å². The van der Waals surface area contributed by atoms with Gasteiger partial charge >= 0.3 is 0 Å². The van der Waals surface area contributed by atoms with E-state index in [1.807, 2.05) is 6.92 Å². The Kier molecular flexibility index (Phi) is 4.51. The van der Waals surface area contributed by atoms with E-state index in [4.69, 9.17) is 0 Å². The molecule has 0 bridgehead atoms. The summed E-state index contributed by atoms with van der Waals surface area (Å²) in [5, 5.41) is 3.29. The summed E-state index contributed by atoms with van der Waals surface area (Å²) in [6.07, 6.45) is 2.34. The van der Waals surface area contributed by atoms with Gasteiger partial charge in [-0.15, -0.1) is 0 Å². The zero-order valence-electron chi connectivity index (χ0n) is 13.5. The summed E-state index contributed by atoms with van der Waals surface area (Å²) >= 11 is 0. The topological polar surface area (TPSA) is 41.1 Å². The highest BCUT2D eigenvalue weighted by molar-refractivity contribution is 5.45. The number of anilines is 2. The summed E-state index contributed by atoms with van der Waals surface area (Å²) in [5.74, 6) is 2.58. The Morgan fingerprint density at radius 2 is 2.10 bits per heavy atom. The van der Waals surface area contributed by atoms with Crippen LogP contribution in [0.4, 0.5) is 11.8 Å². The molecule has 1 unspecified atom stereocenters. The first-order valence-electron chi connectivity index (χ1n) is 7.74. The van der Waals surface area contributed by atoms with Crippen LogP contribution >= 0.6 is 0 Å². The van der Waals surface area contributed by atoms with E-state index in [1.165, 1.54) is 6.42 Å². The van der Waals surface area contributed by atoms with Crippen LogP contribution in [0.1, 0.15) is 46.2 Å². The fraction of sp³-hybridized carbons (Fsp3) is 0.750. The average molecular weight is 276 g/mol. The van der Waals surface area contributed by atoms with E-state index in [1.54, 1.807) is 0 Å². The Bertz CT molecular complexity index is 450. The molecule has 1 N–H and O–H groups in total. The van der Waals surface area contributed by atoms with Crippen LogP contribution in [0.15, 0.2) is 6.07 Å². The second-order valence-corrected chi connectivity index (χ2v) is 6.92. The second-order valence-electron chi connectivity index (χ2n) is 6.92. The van der Waals surface area contributed by atoms with Gasteiger partial charge in [-0.25, -0.2) is 4.98 Å². The molecule has 0 aromatic carbocycles. The first kappa shape index (κ1) is 15.1. The Morgan fingerprint density at radius 1 is 1.35 bits per heavy atom. The largest absolute Gasteiger partial charge is 0.356 e. The first-order valence-corrected chi connectivity index (χ1v) is 7.74. The highest BCUT2D eigenvalue weighted by Crippen LogP contribution is 2.35. The smallest absolute Gasteiger partial charge is 0.224 e. The summed E-state index contributed by atoms with van der Waals surface area (Å²) in [4.78, 5) is 11.5. The van der Waals surface area contributed by atoms with Gasteiger partial charge in [0.15, 0.2) is 0 Å². The fourth-order valence-corrected chi connectivity index (χ4v) is 2.71. The molecule has 0 radical (unpaired) electrons. The average Bonchev–Trinajstić information content (AvgIpc) is 2.85. The molecule has 2 heterocycles. The highest BCUT2D eigenvalue weighted by Gasteiger charge is 2.32. The maximum atomic E-state index is 4.67. The standard InChI is InChI=1S/C16H28N4/c1-6-8-17-15-18-12(2)10-14(19-15)20-9-7-13(11-20)16(3,4)5/h10,13H,6-9,11H2,1-5H3,(H,17,18,19). The van der Waals surface area contributed by atoms with Crippen molar-refractivity contribution in [3.8, 4) is 0 Å². The number of hydrogen-bond acceptors (Lipinski definition) is 4. The van der Waals surface area contributed by atoms with E-state index in [-0.39, 0.29) is 0 Å². The molecule has 4 nitrogen and oxygen atoms in total. The van der Waals surface area contributed by atoms with Gasteiger partial charge in [-0.1, -0.05) is 27.7 Å². The van der Waals surface area contributed by atoms with Crippen molar-refractivity contribution < 1.29 is 0 Å². The maximum absolute atomic E-state index is 4.67. The van der Waals surface area contributed by atoms with Crippen LogP contribution in [0, 0.1) is 18.3 Å². The van der Waals surface area contributed by atoms with Gasteiger partial charge in [0.25, 0.3) is 0 Å². The van der Waals surface area contributed by atoms with Crippen molar-refractivity contribution in [2.24, 2.45) is 11.3 Å². The fourth-order valence-electron chi connectivity index (χ4n) is 2.71. The SMILES string of the molecule is CCCNc1nc(C)cc(N2CCC(C(C)(C)C)C2)n1. The first-order chi connectivity index (χ1) is 9.40. The summed E-state index contributed by atoms with van der Waals surface area (Å²) in [6.45, 7) is 14.3. The highest BCUT2D eigenvalue weighted by atomic mass is 15.2. The number of aryl methyl sites for hydroxylation is 1. The van der Waals surface area contributed by atoms with E-state index in [2.05, 4.69) is 53.9 Å². The lowest BCUT2D eigenvalue weighted by Crippen LogP contribution is -2.26. The van der Waals surface area contributed by atoms with E-state index < -0.39 is 0 Å². The molecule has 0 spiro atoms. The van der Waals surface area contributed by atoms with Crippen LogP contribution in [0.25, 0.3) is 0 Å². The molecule has 4 heteroatoms. The third kappa shape index (κ3) is 3.62. The summed E-state index contributed by atoms with van der Waals surface area (Å²) < 4.78 is 0. The zero-order chi connectivity index (χ0) is 14.8. The van der Waals surface area contributed by atoms with Crippen LogP contribution in [-0.4, -0.2) is 29.6 Å². The van der Waals surface area contributed by atoms with Crippen LogP contribution in [0.5, 0.6) is 0 Å². The van der Waals surface area contributed by atoms with Crippen LogP contribution in [-0.2, 0) is 0 Å². The Labute approximate surface area is 123 Å². The summed E-state index contributed by atoms with van der Waals surface area (Å²) in [6, 6.07) is 2.10. The minimum Gasteiger partial charge on any atom is -0.356 e. The lowest BCUT2D eigenvalue weighted by atomic mass is 9.80. The monoisotopic (exact) mass is 276 g/mol. The quantitative estimate of drug-likeness (QED) is 0.914. The van der Waals surface area contributed by atoms with E-state index in [0.717, 1.165) is 49.4 Å². The Hall–Kier alpha value is -1.32. The van der Waals surface area contributed by atoms with Crippen molar-refractivity contribution in [1.29, 1.82) is 0 Å². The molecule has 0 amide bonds. The van der Waals surface area contributed by atoms with Gasteiger partial charge < -0.3 is 10.2 Å². The molecule has 1 saturated heterocycles. The predicted molar refractivity (Wildman–Crippen MR) is 85.3 cm³/mol. The molecule has 1 atom stereocenters. The number of hydrogen-bond donors (Lipinski definition) is 1. The van der Waals surface area contributed by atoms with Crippen molar-refractivity contribution in [2.75, 3.05) is 29.9 Å².